The lowest BCUT2D eigenvalue weighted by Gasteiger charge is -2.31. The number of hydrogen-bond donors (Lipinski definition) is 1. The summed E-state index contributed by atoms with van der Waals surface area (Å²) >= 11 is 6.63. The molecule has 8 rings (SSSR count). The lowest BCUT2D eigenvalue weighted by molar-refractivity contribution is 0.0997. The summed E-state index contributed by atoms with van der Waals surface area (Å²) in [6, 6.07) is 12.0. The first-order valence-corrected chi connectivity index (χ1v) is 15.8. The van der Waals surface area contributed by atoms with E-state index in [9.17, 15) is 0 Å². The van der Waals surface area contributed by atoms with Crippen molar-refractivity contribution in [2.45, 2.75) is 49.8 Å². The number of rotatable bonds is 6. The van der Waals surface area contributed by atoms with Gasteiger partial charge in [0.1, 0.15) is 23.6 Å². The van der Waals surface area contributed by atoms with Gasteiger partial charge in [0.2, 0.25) is 0 Å². The highest BCUT2D eigenvalue weighted by Crippen LogP contribution is 2.41. The molecule has 0 spiro atoms. The van der Waals surface area contributed by atoms with E-state index < -0.39 is 5.82 Å². The minimum atomic E-state index is -0.492. The normalized spacial score (nSPS) is 27.2. The maximum absolute atomic E-state index is 16.7. The van der Waals surface area contributed by atoms with Crippen LogP contribution in [0, 0.1) is 11.7 Å². The first kappa shape index (κ1) is 27.4. The molecule has 8 nitrogen and oxygen atoms in total. The predicted octanol–water partition coefficient (Wildman–Crippen LogP) is 5.46. The summed E-state index contributed by atoms with van der Waals surface area (Å²) in [5.74, 6) is 0.846. The average Bonchev–Trinajstić information content (AvgIpc) is 3.67. The summed E-state index contributed by atoms with van der Waals surface area (Å²) < 4.78 is 28.9. The van der Waals surface area contributed by atoms with Gasteiger partial charge in [-0.3, -0.25) is 9.88 Å². The van der Waals surface area contributed by atoms with E-state index in [4.69, 9.17) is 31.0 Å². The van der Waals surface area contributed by atoms with Crippen LogP contribution in [0.2, 0.25) is 5.02 Å². The van der Waals surface area contributed by atoms with Gasteiger partial charge in [-0.2, -0.15) is 9.97 Å². The number of halogens is 2. The number of ether oxygens (including phenoxy) is 2. The second kappa shape index (κ2) is 10.8. The van der Waals surface area contributed by atoms with Crippen molar-refractivity contribution in [3.8, 4) is 17.3 Å². The lowest BCUT2D eigenvalue weighted by Crippen LogP contribution is -2.43. The molecule has 10 heteroatoms. The molecule has 4 saturated heterocycles. The van der Waals surface area contributed by atoms with Crippen LogP contribution < -0.4 is 15.0 Å². The molecule has 0 aliphatic carbocycles. The number of anilines is 1. The van der Waals surface area contributed by atoms with Gasteiger partial charge in [-0.25, -0.2) is 4.39 Å². The van der Waals surface area contributed by atoms with Crippen LogP contribution in [-0.4, -0.2) is 84.0 Å². The molecule has 0 amide bonds. The number of methoxy groups -OCH3 is 1. The van der Waals surface area contributed by atoms with E-state index in [1.54, 1.807) is 13.3 Å². The first-order valence-electron chi connectivity index (χ1n) is 15.4. The monoisotopic (exact) mass is 602 g/mol. The Hall–Kier alpha value is -3.11. The van der Waals surface area contributed by atoms with Gasteiger partial charge in [0.15, 0.2) is 5.82 Å². The molecule has 2 aromatic carbocycles. The molecule has 2 bridgehead atoms. The zero-order valence-corrected chi connectivity index (χ0v) is 25.1. The Balaban J connectivity index is 1.23. The molecule has 224 valence electrons. The molecule has 43 heavy (non-hydrogen) atoms. The van der Waals surface area contributed by atoms with Gasteiger partial charge in [0.25, 0.3) is 0 Å². The van der Waals surface area contributed by atoms with Gasteiger partial charge in [-0.15, -0.1) is 0 Å². The molecule has 4 atom stereocenters. The summed E-state index contributed by atoms with van der Waals surface area (Å²) in [4.78, 5) is 19.1. The van der Waals surface area contributed by atoms with Crippen LogP contribution in [-0.2, 0) is 4.74 Å². The second-order valence-corrected chi connectivity index (χ2v) is 13.1. The van der Waals surface area contributed by atoms with E-state index in [-0.39, 0.29) is 28.9 Å². The summed E-state index contributed by atoms with van der Waals surface area (Å²) in [6.45, 7) is 5.10. The first-order chi connectivity index (χ1) is 21.0. The Morgan fingerprint density at radius 3 is 2.91 bits per heavy atom. The Morgan fingerprint density at radius 2 is 2.02 bits per heavy atom. The van der Waals surface area contributed by atoms with Crippen molar-refractivity contribution in [1.29, 1.82) is 0 Å². The van der Waals surface area contributed by atoms with Crippen LogP contribution >= 0.6 is 11.6 Å². The number of benzene rings is 2. The largest absolute Gasteiger partial charge is 0.461 e. The topological polar surface area (TPSA) is 75.6 Å². The zero-order chi connectivity index (χ0) is 29.1. The highest BCUT2D eigenvalue weighted by atomic mass is 35.5. The number of fused-ring (bicyclic) bond motifs is 5. The van der Waals surface area contributed by atoms with Crippen LogP contribution in [0.3, 0.4) is 0 Å². The molecule has 4 aliphatic heterocycles. The van der Waals surface area contributed by atoms with Crippen LogP contribution in [0.25, 0.3) is 32.9 Å². The van der Waals surface area contributed by atoms with E-state index in [1.807, 2.05) is 36.4 Å². The SMILES string of the molecule is CO[C@@H]1CN2CCCC2(COc2nc(N3CCC4CNC(C4)C3)c3cnc(-c4cccc5cccc(Cl)c45)c(F)c3n2)C1. The number of nitrogens with one attached hydrogen (secondary N) is 1. The Kier molecular flexibility index (Phi) is 6.89. The van der Waals surface area contributed by atoms with Crippen molar-refractivity contribution in [3.05, 3.63) is 53.4 Å². The van der Waals surface area contributed by atoms with Crippen molar-refractivity contribution in [3.63, 3.8) is 0 Å². The number of hydrogen-bond acceptors (Lipinski definition) is 8. The third-order valence-corrected chi connectivity index (χ3v) is 10.5. The molecular weight excluding hydrogens is 567 g/mol. The fraction of sp³-hybridized carbons (Fsp3) is 0.485. The lowest BCUT2D eigenvalue weighted by atomic mass is 9.94. The second-order valence-electron chi connectivity index (χ2n) is 12.7. The van der Waals surface area contributed by atoms with Crippen molar-refractivity contribution in [1.82, 2.24) is 25.2 Å². The van der Waals surface area contributed by atoms with E-state index in [1.165, 1.54) is 0 Å². The van der Waals surface area contributed by atoms with Crippen LogP contribution in [0.4, 0.5) is 10.2 Å². The van der Waals surface area contributed by atoms with Crippen molar-refractivity contribution >= 4 is 39.1 Å². The van der Waals surface area contributed by atoms with Gasteiger partial charge in [0.05, 0.1) is 17.0 Å². The van der Waals surface area contributed by atoms with Gasteiger partial charge in [-0.1, -0.05) is 41.9 Å². The van der Waals surface area contributed by atoms with E-state index in [0.29, 0.717) is 40.4 Å². The summed E-state index contributed by atoms with van der Waals surface area (Å²) in [6.07, 6.45) is 7.20. The smallest absolute Gasteiger partial charge is 0.319 e. The quantitative estimate of drug-likeness (QED) is 0.312. The highest BCUT2D eigenvalue weighted by molar-refractivity contribution is 6.36. The van der Waals surface area contributed by atoms with Crippen LogP contribution in [0.1, 0.15) is 32.1 Å². The molecule has 2 aromatic heterocycles. The number of nitrogens with zero attached hydrogens (tertiary/aromatic N) is 5. The molecule has 3 unspecified atom stereocenters. The fourth-order valence-corrected chi connectivity index (χ4v) is 8.26. The van der Waals surface area contributed by atoms with E-state index in [2.05, 4.69) is 20.1 Å². The summed E-state index contributed by atoms with van der Waals surface area (Å²) in [5.41, 5.74) is 0.974. The van der Waals surface area contributed by atoms with Gasteiger partial charge >= 0.3 is 6.01 Å². The Bertz CT molecular complexity index is 1700. The minimum Gasteiger partial charge on any atom is -0.461 e. The third-order valence-electron chi connectivity index (χ3n) is 10.2. The highest BCUT2D eigenvalue weighted by Gasteiger charge is 2.49. The molecule has 6 heterocycles. The van der Waals surface area contributed by atoms with E-state index >= 15 is 4.39 Å². The van der Waals surface area contributed by atoms with Crippen molar-refractivity contribution in [2.24, 2.45) is 5.92 Å². The van der Waals surface area contributed by atoms with Crippen molar-refractivity contribution in [2.75, 3.05) is 51.3 Å². The number of aromatic nitrogens is 3. The van der Waals surface area contributed by atoms with Gasteiger partial charge < -0.3 is 19.7 Å². The van der Waals surface area contributed by atoms with Crippen LogP contribution in [0.15, 0.2) is 42.6 Å². The molecule has 0 saturated carbocycles. The fourth-order valence-electron chi connectivity index (χ4n) is 7.98. The maximum atomic E-state index is 16.7. The molecule has 0 radical (unpaired) electrons. The molecule has 4 fully saturated rings. The molecule has 1 N–H and O–H groups in total. The van der Waals surface area contributed by atoms with Gasteiger partial charge in [-0.05, 0) is 62.6 Å². The average molecular weight is 603 g/mol. The maximum Gasteiger partial charge on any atom is 0.319 e. The van der Waals surface area contributed by atoms with Gasteiger partial charge in [0, 0.05) is 55.0 Å². The van der Waals surface area contributed by atoms with Crippen molar-refractivity contribution < 1.29 is 13.9 Å². The Morgan fingerprint density at radius 1 is 1.14 bits per heavy atom. The number of pyridine rings is 1. The molecule has 4 aromatic rings. The molecule has 4 aliphatic rings. The minimum absolute atomic E-state index is 0.105. The predicted molar refractivity (Wildman–Crippen MR) is 166 cm³/mol. The molecular formula is C33H36ClFN6O2. The zero-order valence-electron chi connectivity index (χ0n) is 24.4. The van der Waals surface area contributed by atoms with Crippen LogP contribution in [0.5, 0.6) is 6.01 Å². The van der Waals surface area contributed by atoms with E-state index in [0.717, 1.165) is 75.6 Å². The summed E-state index contributed by atoms with van der Waals surface area (Å²) in [5, 5.41) is 6.50. The third kappa shape index (κ3) is 4.72. The summed E-state index contributed by atoms with van der Waals surface area (Å²) in [7, 11) is 1.78. The Labute approximate surface area is 255 Å². The standard InChI is InChI=1S/C33H36ClFN6O2/c1-42-23-14-33(10-4-11-41(33)18-23)19-43-32-38-30-25(31(39-32)40-12-9-20-13-22(17-40)36-15-20)16-37-29(28(30)35)24-7-2-5-21-6-3-8-26(34)27(21)24/h2-3,5-8,16,20,22-23,36H,4,9-15,17-19H2,1H3/t20?,22?,23-,33?/m0/s1.